The number of rotatable bonds is 9. The number of fused-ring (bicyclic) bond motifs is 1. The van der Waals surface area contributed by atoms with Gasteiger partial charge in [-0.3, -0.25) is 14.5 Å². The minimum atomic E-state index is -0.250. The van der Waals surface area contributed by atoms with Crippen LogP contribution >= 0.6 is 0 Å². The van der Waals surface area contributed by atoms with Gasteiger partial charge in [-0.15, -0.1) is 0 Å². The minimum absolute atomic E-state index is 0.250. The molecule has 1 aromatic carbocycles. The number of Topliss-reactive ketones (excluding diaryl/α,β-unsaturated/α-hetero) is 1. The molecule has 0 unspecified atom stereocenters. The van der Waals surface area contributed by atoms with E-state index in [1.165, 1.54) is 60.9 Å². The number of aromatic nitrogens is 1. The molecule has 4 rings (SSSR count). The lowest BCUT2D eigenvalue weighted by Crippen LogP contribution is -2.50. The van der Waals surface area contributed by atoms with Crippen molar-refractivity contribution < 1.29 is 14.7 Å². The van der Waals surface area contributed by atoms with Crippen LogP contribution in [-0.2, 0) is 22.4 Å². The van der Waals surface area contributed by atoms with E-state index >= 15 is 0 Å². The third-order valence-corrected chi connectivity index (χ3v) is 7.51. The highest BCUT2D eigenvalue weighted by Crippen LogP contribution is 2.30. The largest absolute Gasteiger partial charge is 0.483 e. The van der Waals surface area contributed by atoms with E-state index < -0.39 is 0 Å². The number of carbonyl (C=O) groups excluding carboxylic acids is 1. The molecule has 1 saturated heterocycles. The fourth-order valence-corrected chi connectivity index (χ4v) is 5.28. The van der Waals surface area contributed by atoms with Gasteiger partial charge in [0.1, 0.15) is 11.6 Å². The third-order valence-electron chi connectivity index (χ3n) is 7.51. The van der Waals surface area contributed by atoms with Crippen molar-refractivity contribution in [1.29, 1.82) is 0 Å². The SMILES string of the molecule is CC(=O)C1CN([C@@H](C)c2ccccc2C)C1.CC(C)C.CCCC(CCC)Cc1ccc2c(n1)NCCC2.O=CO. The predicted molar refractivity (Wildman–Crippen MR) is 173 cm³/mol. The highest BCUT2D eigenvalue weighted by molar-refractivity contribution is 5.79. The van der Waals surface area contributed by atoms with Crippen LogP contribution in [0.15, 0.2) is 36.4 Å². The first-order chi connectivity index (χ1) is 19.6. The number of pyridine rings is 1. The Labute approximate surface area is 250 Å². The van der Waals surface area contributed by atoms with Crippen molar-refractivity contribution in [2.75, 3.05) is 25.0 Å². The van der Waals surface area contributed by atoms with Crippen molar-refractivity contribution in [3.8, 4) is 0 Å². The number of carboxylic acid groups (broad SMARTS) is 1. The fourth-order valence-electron chi connectivity index (χ4n) is 5.28. The number of nitrogens with zero attached hydrogens (tertiary/aromatic N) is 2. The zero-order valence-electron chi connectivity index (χ0n) is 27.1. The quantitative estimate of drug-likeness (QED) is 0.298. The zero-order valence-corrected chi connectivity index (χ0v) is 27.1. The molecule has 0 saturated carbocycles. The van der Waals surface area contributed by atoms with E-state index in [0.29, 0.717) is 11.8 Å². The Balaban J connectivity index is 0.000000336. The van der Waals surface area contributed by atoms with Crippen LogP contribution in [0.3, 0.4) is 0 Å². The van der Waals surface area contributed by atoms with Crippen LogP contribution < -0.4 is 5.32 Å². The van der Waals surface area contributed by atoms with Crippen LogP contribution in [0, 0.1) is 24.7 Å². The molecule has 41 heavy (non-hydrogen) atoms. The maximum atomic E-state index is 11.2. The van der Waals surface area contributed by atoms with E-state index in [2.05, 4.69) is 95.1 Å². The van der Waals surface area contributed by atoms with E-state index in [0.717, 1.165) is 43.7 Å². The lowest BCUT2D eigenvalue weighted by Gasteiger charge is -2.42. The first-order valence-corrected chi connectivity index (χ1v) is 15.7. The summed E-state index contributed by atoms with van der Waals surface area (Å²) in [5.74, 6) is 3.39. The molecule has 1 fully saturated rings. The molecule has 0 radical (unpaired) electrons. The van der Waals surface area contributed by atoms with Gasteiger partial charge in [0.25, 0.3) is 6.47 Å². The summed E-state index contributed by atoms with van der Waals surface area (Å²) in [5, 5.41) is 10.3. The summed E-state index contributed by atoms with van der Waals surface area (Å²) in [7, 11) is 0. The first-order valence-electron chi connectivity index (χ1n) is 15.7. The Morgan fingerprint density at radius 2 is 1.66 bits per heavy atom. The van der Waals surface area contributed by atoms with E-state index in [4.69, 9.17) is 14.9 Å². The van der Waals surface area contributed by atoms with Crippen molar-refractivity contribution in [2.24, 2.45) is 17.8 Å². The molecule has 2 N–H and O–H groups in total. The van der Waals surface area contributed by atoms with Crippen molar-refractivity contribution in [1.82, 2.24) is 9.88 Å². The van der Waals surface area contributed by atoms with Crippen LogP contribution in [0.2, 0.25) is 0 Å². The van der Waals surface area contributed by atoms with Gasteiger partial charge in [-0.1, -0.05) is 90.6 Å². The van der Waals surface area contributed by atoms with Gasteiger partial charge in [-0.25, -0.2) is 4.98 Å². The van der Waals surface area contributed by atoms with Crippen molar-refractivity contribution in [3.05, 3.63) is 58.8 Å². The molecule has 2 aromatic rings. The second-order valence-corrected chi connectivity index (χ2v) is 12.1. The minimum Gasteiger partial charge on any atom is -0.483 e. The number of hydrogen-bond acceptors (Lipinski definition) is 5. The second kappa shape index (κ2) is 20.2. The number of anilines is 1. The summed E-state index contributed by atoms with van der Waals surface area (Å²) in [6, 6.07) is 13.4. The Morgan fingerprint density at radius 3 is 2.20 bits per heavy atom. The highest BCUT2D eigenvalue weighted by Gasteiger charge is 2.33. The van der Waals surface area contributed by atoms with Gasteiger partial charge in [-0.2, -0.15) is 0 Å². The molecule has 2 aliphatic rings. The number of benzene rings is 1. The van der Waals surface area contributed by atoms with Gasteiger partial charge in [0.05, 0.1) is 0 Å². The molecule has 0 aliphatic carbocycles. The number of ketones is 1. The lowest BCUT2D eigenvalue weighted by atomic mass is 9.91. The summed E-state index contributed by atoms with van der Waals surface area (Å²) >= 11 is 0. The van der Waals surface area contributed by atoms with E-state index in [9.17, 15) is 4.79 Å². The summed E-state index contributed by atoms with van der Waals surface area (Å²) in [6.07, 6.45) is 8.81. The maximum absolute atomic E-state index is 11.2. The van der Waals surface area contributed by atoms with Crippen molar-refractivity contribution in [2.45, 2.75) is 106 Å². The molecule has 2 aliphatic heterocycles. The summed E-state index contributed by atoms with van der Waals surface area (Å²) in [6.45, 7) is 19.8. The molecule has 6 nitrogen and oxygen atoms in total. The molecular formula is C35H57N3O3. The predicted octanol–water partition coefficient (Wildman–Crippen LogP) is 8.14. The monoisotopic (exact) mass is 567 g/mol. The zero-order chi connectivity index (χ0) is 30.8. The average Bonchev–Trinajstić information content (AvgIpc) is 2.88. The van der Waals surface area contributed by atoms with Gasteiger partial charge in [0.15, 0.2) is 0 Å². The molecule has 1 aromatic heterocycles. The van der Waals surface area contributed by atoms with Crippen molar-refractivity contribution >= 4 is 18.1 Å². The Hall–Kier alpha value is -2.73. The van der Waals surface area contributed by atoms with Gasteiger partial charge in [0, 0.05) is 37.3 Å². The molecule has 3 heterocycles. The number of hydrogen-bond donors (Lipinski definition) is 2. The normalized spacial score (nSPS) is 15.0. The average molecular weight is 568 g/mol. The summed E-state index contributed by atoms with van der Waals surface area (Å²) < 4.78 is 0. The van der Waals surface area contributed by atoms with Gasteiger partial charge in [0.2, 0.25) is 0 Å². The van der Waals surface area contributed by atoms with Crippen LogP contribution in [-0.4, -0.2) is 46.9 Å². The van der Waals surface area contributed by atoms with E-state index in [-0.39, 0.29) is 12.4 Å². The highest BCUT2D eigenvalue weighted by atomic mass is 16.3. The Morgan fingerprint density at radius 1 is 1.07 bits per heavy atom. The van der Waals surface area contributed by atoms with Gasteiger partial charge >= 0.3 is 0 Å². The number of likely N-dealkylation sites (tertiary alicyclic amines) is 1. The van der Waals surface area contributed by atoms with Gasteiger partial charge < -0.3 is 10.4 Å². The lowest BCUT2D eigenvalue weighted by molar-refractivity contribution is -0.126. The number of carbonyl (C=O) groups is 2. The topological polar surface area (TPSA) is 82.5 Å². The van der Waals surface area contributed by atoms with Crippen LogP contribution in [0.5, 0.6) is 0 Å². The molecule has 0 spiro atoms. The number of nitrogens with one attached hydrogen (secondary N) is 1. The molecule has 1 atom stereocenters. The van der Waals surface area contributed by atoms with Crippen molar-refractivity contribution in [3.63, 3.8) is 0 Å². The molecule has 6 heteroatoms. The fraction of sp³-hybridized carbons (Fsp3) is 0.629. The van der Waals surface area contributed by atoms with Crippen LogP contribution in [0.25, 0.3) is 0 Å². The number of aryl methyl sites for hydroxylation is 2. The van der Waals surface area contributed by atoms with Gasteiger partial charge in [-0.05, 0) is 74.6 Å². The van der Waals surface area contributed by atoms with E-state index in [1.807, 2.05) is 0 Å². The third kappa shape index (κ3) is 13.7. The molecule has 230 valence electrons. The van der Waals surface area contributed by atoms with Crippen LogP contribution in [0.4, 0.5) is 5.82 Å². The smallest absolute Gasteiger partial charge is 0.290 e. The summed E-state index contributed by atoms with van der Waals surface area (Å²) in [4.78, 5) is 26.7. The molecule has 0 bridgehead atoms. The van der Waals surface area contributed by atoms with Crippen LogP contribution in [0.1, 0.15) is 109 Å². The molecular weight excluding hydrogens is 510 g/mol. The van der Waals surface area contributed by atoms with E-state index in [1.54, 1.807) is 6.92 Å². The molecule has 0 amide bonds. The second-order valence-electron chi connectivity index (χ2n) is 12.1. The first kappa shape index (κ1) is 36.3. The Kier molecular flexibility index (Phi) is 17.9. The maximum Gasteiger partial charge on any atom is 0.290 e. The Bertz CT molecular complexity index is 1010. The summed E-state index contributed by atoms with van der Waals surface area (Å²) in [5.41, 5.74) is 5.38. The standard InChI is InChI=1S/C16H26N2.C14H19NO.C4H10.CH2O2/c1-3-6-13(7-4-2)12-15-10-9-14-8-5-11-17-16(14)18-15;1-10-6-4-5-7-14(10)11(2)15-8-13(9-15)12(3)16;1-4(2)3;2-1-3/h9-10,13H,3-8,11-12H2,1-2H3,(H,17,18);4-7,11,13H,8-9H2,1-3H3;4H,1-3H3;1H,(H,2,3)/t;11-;;/m.0../s1.